The SMILES string of the molecule is Cc1nc(Nc2nccs2)cc(C2CCCN2C(=O)c2cccnc2)n1. The van der Waals surface area contributed by atoms with Crippen molar-refractivity contribution in [3.8, 4) is 0 Å². The van der Waals surface area contributed by atoms with E-state index in [9.17, 15) is 4.79 Å². The zero-order chi connectivity index (χ0) is 17.9. The van der Waals surface area contributed by atoms with E-state index in [1.54, 1.807) is 30.7 Å². The van der Waals surface area contributed by atoms with Crippen LogP contribution >= 0.6 is 11.3 Å². The highest BCUT2D eigenvalue weighted by molar-refractivity contribution is 7.13. The number of likely N-dealkylation sites (tertiary alicyclic amines) is 1. The normalized spacial score (nSPS) is 16.7. The monoisotopic (exact) mass is 366 g/mol. The Morgan fingerprint density at radius 3 is 3.04 bits per heavy atom. The lowest BCUT2D eigenvalue weighted by Gasteiger charge is -2.24. The number of thiazole rings is 1. The molecule has 3 aromatic heterocycles. The Kier molecular flexibility index (Phi) is 4.57. The van der Waals surface area contributed by atoms with Crippen LogP contribution in [0.2, 0.25) is 0 Å². The van der Waals surface area contributed by atoms with Gasteiger partial charge >= 0.3 is 0 Å². The van der Waals surface area contributed by atoms with Gasteiger partial charge in [-0.15, -0.1) is 11.3 Å². The summed E-state index contributed by atoms with van der Waals surface area (Å²) in [4.78, 5) is 32.1. The molecule has 3 aromatic rings. The van der Waals surface area contributed by atoms with Gasteiger partial charge in [0.1, 0.15) is 11.6 Å². The molecule has 0 spiro atoms. The van der Waals surface area contributed by atoms with Gasteiger partial charge in [-0.05, 0) is 31.9 Å². The second-order valence-corrected chi connectivity index (χ2v) is 6.98. The van der Waals surface area contributed by atoms with Crippen LogP contribution in [0, 0.1) is 6.92 Å². The summed E-state index contributed by atoms with van der Waals surface area (Å²) in [6.07, 6.45) is 6.86. The van der Waals surface area contributed by atoms with Crippen LogP contribution in [-0.4, -0.2) is 37.3 Å². The van der Waals surface area contributed by atoms with Crippen LogP contribution in [0.15, 0.2) is 42.2 Å². The maximum Gasteiger partial charge on any atom is 0.255 e. The third-order valence-electron chi connectivity index (χ3n) is 4.29. The number of nitrogens with one attached hydrogen (secondary N) is 1. The maximum absolute atomic E-state index is 12.9. The number of hydrogen-bond acceptors (Lipinski definition) is 7. The highest BCUT2D eigenvalue weighted by atomic mass is 32.1. The van der Waals surface area contributed by atoms with E-state index in [2.05, 4.69) is 25.3 Å². The Balaban J connectivity index is 1.61. The zero-order valence-electron chi connectivity index (χ0n) is 14.3. The molecule has 4 heterocycles. The van der Waals surface area contributed by atoms with Gasteiger partial charge in [0.2, 0.25) is 0 Å². The standard InChI is InChI=1S/C18H18N6OS/c1-12-21-14(10-16(22-12)23-18-20-7-9-26-18)15-5-3-8-24(15)17(25)13-4-2-6-19-11-13/h2,4,6-7,9-11,15H,3,5,8H2,1H3,(H,20,21,22,23). The Morgan fingerprint density at radius 2 is 2.27 bits per heavy atom. The average molecular weight is 366 g/mol. The molecular weight excluding hydrogens is 348 g/mol. The van der Waals surface area contributed by atoms with Gasteiger partial charge in [-0.25, -0.2) is 15.0 Å². The number of carbonyl (C=O) groups is 1. The molecule has 0 aliphatic carbocycles. The molecule has 0 saturated carbocycles. The molecule has 132 valence electrons. The van der Waals surface area contributed by atoms with E-state index < -0.39 is 0 Å². The number of aryl methyl sites for hydroxylation is 1. The fourth-order valence-corrected chi connectivity index (χ4v) is 3.73. The van der Waals surface area contributed by atoms with E-state index in [0.717, 1.165) is 30.2 Å². The molecule has 8 heteroatoms. The number of carbonyl (C=O) groups excluding carboxylic acids is 1. The molecule has 0 radical (unpaired) electrons. The Hall–Kier alpha value is -2.87. The first kappa shape index (κ1) is 16.6. The highest BCUT2D eigenvalue weighted by Gasteiger charge is 2.32. The number of rotatable bonds is 4. The molecule has 0 bridgehead atoms. The van der Waals surface area contributed by atoms with E-state index in [1.165, 1.54) is 11.3 Å². The van der Waals surface area contributed by atoms with Gasteiger partial charge in [0.15, 0.2) is 5.13 Å². The third kappa shape index (κ3) is 3.41. The number of hydrogen-bond donors (Lipinski definition) is 1. The van der Waals surface area contributed by atoms with Gasteiger partial charge in [-0.1, -0.05) is 0 Å². The van der Waals surface area contributed by atoms with Crippen molar-refractivity contribution >= 4 is 28.2 Å². The number of aromatic nitrogens is 4. The number of pyridine rings is 1. The minimum atomic E-state index is -0.0544. The average Bonchev–Trinajstić information content (AvgIpc) is 3.33. The molecule has 26 heavy (non-hydrogen) atoms. The van der Waals surface area contributed by atoms with Gasteiger partial charge in [0.25, 0.3) is 5.91 Å². The second kappa shape index (κ2) is 7.17. The molecule has 4 rings (SSSR count). The lowest BCUT2D eigenvalue weighted by atomic mass is 10.1. The van der Waals surface area contributed by atoms with E-state index >= 15 is 0 Å². The van der Waals surface area contributed by atoms with Crippen LogP contribution in [0.25, 0.3) is 0 Å². The maximum atomic E-state index is 12.9. The van der Waals surface area contributed by atoms with Crippen molar-refractivity contribution in [2.75, 3.05) is 11.9 Å². The van der Waals surface area contributed by atoms with Crippen molar-refractivity contribution in [2.24, 2.45) is 0 Å². The Bertz CT molecular complexity index is 899. The lowest BCUT2D eigenvalue weighted by Crippen LogP contribution is -2.31. The molecule has 1 amide bonds. The fourth-order valence-electron chi connectivity index (χ4n) is 3.19. The summed E-state index contributed by atoms with van der Waals surface area (Å²) in [5, 5.41) is 5.89. The third-order valence-corrected chi connectivity index (χ3v) is 4.98. The van der Waals surface area contributed by atoms with Crippen molar-refractivity contribution in [3.63, 3.8) is 0 Å². The lowest BCUT2D eigenvalue weighted by molar-refractivity contribution is 0.0732. The number of nitrogens with zero attached hydrogens (tertiary/aromatic N) is 5. The molecule has 7 nitrogen and oxygen atoms in total. The highest BCUT2D eigenvalue weighted by Crippen LogP contribution is 2.33. The van der Waals surface area contributed by atoms with Gasteiger partial charge < -0.3 is 10.2 Å². The Morgan fingerprint density at radius 1 is 1.35 bits per heavy atom. The minimum absolute atomic E-state index is 0.00806. The first-order valence-corrected chi connectivity index (χ1v) is 9.32. The predicted molar refractivity (Wildman–Crippen MR) is 99.4 cm³/mol. The molecule has 1 atom stereocenters. The van der Waals surface area contributed by atoms with Gasteiger partial charge in [0.05, 0.1) is 17.3 Å². The fraction of sp³-hybridized carbons (Fsp3) is 0.278. The van der Waals surface area contributed by atoms with E-state index in [4.69, 9.17) is 0 Å². The quantitative estimate of drug-likeness (QED) is 0.762. The summed E-state index contributed by atoms with van der Waals surface area (Å²) in [6.45, 7) is 2.58. The minimum Gasteiger partial charge on any atom is -0.330 e. The first-order chi connectivity index (χ1) is 12.7. The Labute approximate surface area is 155 Å². The summed E-state index contributed by atoms with van der Waals surface area (Å²) in [5.41, 5.74) is 1.46. The van der Waals surface area contributed by atoms with Gasteiger partial charge in [-0.3, -0.25) is 9.78 Å². The van der Waals surface area contributed by atoms with Crippen molar-refractivity contribution in [1.29, 1.82) is 0 Å². The summed E-state index contributed by atoms with van der Waals surface area (Å²) >= 11 is 1.51. The van der Waals surface area contributed by atoms with Gasteiger partial charge in [0, 0.05) is 36.6 Å². The van der Waals surface area contributed by atoms with Gasteiger partial charge in [-0.2, -0.15) is 0 Å². The van der Waals surface area contributed by atoms with Crippen LogP contribution in [0.5, 0.6) is 0 Å². The van der Waals surface area contributed by atoms with E-state index in [-0.39, 0.29) is 11.9 Å². The molecule has 1 unspecified atom stereocenters. The van der Waals surface area contributed by atoms with Crippen LogP contribution in [0.4, 0.5) is 10.9 Å². The zero-order valence-corrected chi connectivity index (χ0v) is 15.1. The van der Waals surface area contributed by atoms with Crippen LogP contribution in [-0.2, 0) is 0 Å². The number of anilines is 2. The molecule has 1 aliphatic heterocycles. The van der Waals surface area contributed by atoms with Crippen LogP contribution in [0.3, 0.4) is 0 Å². The van der Waals surface area contributed by atoms with Crippen molar-refractivity contribution in [3.05, 3.63) is 59.3 Å². The summed E-state index contributed by atoms with van der Waals surface area (Å²) in [5.74, 6) is 1.36. The largest absolute Gasteiger partial charge is 0.330 e. The van der Waals surface area contributed by atoms with Crippen LogP contribution < -0.4 is 5.32 Å². The molecular formula is C18H18N6OS. The van der Waals surface area contributed by atoms with Crippen molar-refractivity contribution in [1.82, 2.24) is 24.8 Å². The molecule has 1 saturated heterocycles. The van der Waals surface area contributed by atoms with Crippen molar-refractivity contribution < 1.29 is 4.79 Å². The molecule has 1 aliphatic rings. The van der Waals surface area contributed by atoms with Crippen molar-refractivity contribution in [2.45, 2.75) is 25.8 Å². The second-order valence-electron chi connectivity index (χ2n) is 6.09. The van der Waals surface area contributed by atoms with Crippen LogP contribution in [0.1, 0.15) is 40.8 Å². The van der Waals surface area contributed by atoms with E-state index in [0.29, 0.717) is 17.2 Å². The smallest absolute Gasteiger partial charge is 0.255 e. The predicted octanol–water partition coefficient (Wildman–Crippen LogP) is 3.36. The summed E-state index contributed by atoms with van der Waals surface area (Å²) in [6, 6.07) is 5.43. The topological polar surface area (TPSA) is 83.9 Å². The van der Waals surface area contributed by atoms with E-state index in [1.807, 2.05) is 23.3 Å². The summed E-state index contributed by atoms with van der Waals surface area (Å²) in [7, 11) is 0. The molecule has 0 aromatic carbocycles. The number of amides is 1. The molecule has 1 fully saturated rings. The molecule has 1 N–H and O–H groups in total. The summed E-state index contributed by atoms with van der Waals surface area (Å²) < 4.78 is 0. The first-order valence-electron chi connectivity index (χ1n) is 8.44.